The van der Waals surface area contributed by atoms with Gasteiger partial charge in [0.1, 0.15) is 0 Å². The summed E-state index contributed by atoms with van der Waals surface area (Å²) < 4.78 is 0. The van der Waals surface area contributed by atoms with E-state index >= 15 is 0 Å². The molecule has 4 heteroatoms. The molecule has 0 spiro atoms. The fraction of sp³-hybridized carbons (Fsp3) is 0.571. The monoisotopic (exact) mass is 349 g/mol. The van der Waals surface area contributed by atoms with Gasteiger partial charge in [0.15, 0.2) is 0 Å². The first kappa shape index (κ1) is 14.6. The second-order valence-electron chi connectivity index (χ2n) is 5.00. The number of nitrogens with zero attached hydrogens (tertiary/aromatic N) is 1. The zero-order valence-electron chi connectivity index (χ0n) is 10.5. The summed E-state index contributed by atoms with van der Waals surface area (Å²) in [5, 5.41) is 1.33. The number of halogens is 3. The van der Waals surface area contributed by atoms with Crippen LogP contribution in [-0.4, -0.2) is 22.8 Å². The lowest BCUT2D eigenvalue weighted by atomic mass is 9.94. The molecule has 1 aromatic rings. The minimum Gasteiger partial charge on any atom is -0.298 e. The third kappa shape index (κ3) is 3.41. The van der Waals surface area contributed by atoms with Crippen LogP contribution in [0.5, 0.6) is 0 Å². The molecule has 0 aromatic heterocycles. The van der Waals surface area contributed by atoms with E-state index < -0.39 is 0 Å². The highest BCUT2D eigenvalue weighted by Gasteiger charge is 2.26. The van der Waals surface area contributed by atoms with Crippen LogP contribution in [0.3, 0.4) is 0 Å². The summed E-state index contributed by atoms with van der Waals surface area (Å²) in [5.74, 6) is 0. The van der Waals surface area contributed by atoms with Crippen molar-refractivity contribution in [2.45, 2.75) is 43.1 Å². The van der Waals surface area contributed by atoms with Gasteiger partial charge in [-0.15, -0.1) is 0 Å². The Morgan fingerprint density at radius 3 is 2.72 bits per heavy atom. The quantitative estimate of drug-likeness (QED) is 0.683. The molecule has 0 bridgehead atoms. The lowest BCUT2D eigenvalue weighted by Gasteiger charge is -2.35. The molecular weight excluding hydrogens is 333 g/mol. The van der Waals surface area contributed by atoms with Gasteiger partial charge in [0.25, 0.3) is 0 Å². The van der Waals surface area contributed by atoms with E-state index in [2.05, 4.69) is 33.9 Å². The van der Waals surface area contributed by atoms with Gasteiger partial charge in [-0.3, -0.25) is 4.90 Å². The van der Waals surface area contributed by atoms with E-state index in [9.17, 15) is 0 Å². The Kier molecular flexibility index (Phi) is 5.37. The lowest BCUT2D eigenvalue weighted by molar-refractivity contribution is 0.193. The van der Waals surface area contributed by atoms with E-state index in [0.717, 1.165) is 12.1 Å². The lowest BCUT2D eigenvalue weighted by Crippen LogP contribution is -2.40. The molecule has 1 saturated carbocycles. The van der Waals surface area contributed by atoms with Gasteiger partial charge < -0.3 is 0 Å². The van der Waals surface area contributed by atoms with Gasteiger partial charge in [0.2, 0.25) is 0 Å². The van der Waals surface area contributed by atoms with Crippen molar-refractivity contribution in [3.8, 4) is 0 Å². The Morgan fingerprint density at radius 2 is 2.00 bits per heavy atom. The summed E-state index contributed by atoms with van der Waals surface area (Å²) in [7, 11) is 2.17. The van der Waals surface area contributed by atoms with E-state index in [1.165, 1.54) is 25.7 Å². The van der Waals surface area contributed by atoms with Crippen molar-refractivity contribution in [1.29, 1.82) is 0 Å². The van der Waals surface area contributed by atoms with Gasteiger partial charge in [-0.05, 0) is 31.5 Å². The molecule has 100 valence electrons. The highest BCUT2D eigenvalue weighted by molar-refractivity contribution is 9.09. The third-order valence-electron chi connectivity index (χ3n) is 3.66. The molecule has 2 atom stereocenters. The first-order valence-electron chi connectivity index (χ1n) is 6.37. The predicted molar refractivity (Wildman–Crippen MR) is 82.9 cm³/mol. The maximum atomic E-state index is 6.24. The molecule has 0 amide bonds. The van der Waals surface area contributed by atoms with Crippen LogP contribution in [-0.2, 0) is 6.54 Å². The van der Waals surface area contributed by atoms with Crippen molar-refractivity contribution in [2.24, 2.45) is 0 Å². The Bertz CT molecular complexity index is 411. The predicted octanol–water partition coefficient (Wildman–Crippen LogP) is 5.13. The SMILES string of the molecule is CN(Cc1cccc(Cl)c1Cl)C1CCCCC1Br. The van der Waals surface area contributed by atoms with Crippen LogP contribution < -0.4 is 0 Å². The van der Waals surface area contributed by atoms with E-state index in [1.54, 1.807) is 0 Å². The van der Waals surface area contributed by atoms with Crippen molar-refractivity contribution in [1.82, 2.24) is 4.90 Å². The standard InChI is InChI=1S/C14H18BrCl2N/c1-18(13-8-3-2-6-11(13)15)9-10-5-4-7-12(16)14(10)17/h4-5,7,11,13H,2-3,6,8-9H2,1H3. The smallest absolute Gasteiger partial charge is 0.0637 e. The normalized spacial score (nSPS) is 24.5. The summed E-state index contributed by atoms with van der Waals surface area (Å²) >= 11 is 16.1. The molecule has 1 aliphatic rings. The number of rotatable bonds is 3. The fourth-order valence-corrected chi connectivity index (χ4v) is 3.99. The summed E-state index contributed by atoms with van der Waals surface area (Å²) in [6, 6.07) is 6.44. The summed E-state index contributed by atoms with van der Waals surface area (Å²) in [6.07, 6.45) is 5.17. The van der Waals surface area contributed by atoms with Gasteiger partial charge in [0.05, 0.1) is 10.0 Å². The number of hydrogen-bond donors (Lipinski definition) is 0. The van der Waals surface area contributed by atoms with Crippen LogP contribution >= 0.6 is 39.1 Å². The van der Waals surface area contributed by atoms with Crippen LogP contribution in [0.2, 0.25) is 10.0 Å². The Balaban J connectivity index is 2.06. The Labute approximate surface area is 128 Å². The summed E-state index contributed by atoms with van der Waals surface area (Å²) in [5.41, 5.74) is 1.11. The minimum atomic E-state index is 0.591. The summed E-state index contributed by atoms with van der Waals surface area (Å²) in [6.45, 7) is 0.853. The molecule has 0 radical (unpaired) electrons. The van der Waals surface area contributed by atoms with Crippen LogP contribution in [0.4, 0.5) is 0 Å². The average Bonchev–Trinajstić information content (AvgIpc) is 2.35. The van der Waals surface area contributed by atoms with E-state index in [4.69, 9.17) is 23.2 Å². The first-order chi connectivity index (χ1) is 8.59. The van der Waals surface area contributed by atoms with Crippen molar-refractivity contribution in [2.75, 3.05) is 7.05 Å². The van der Waals surface area contributed by atoms with Crippen LogP contribution in [0.1, 0.15) is 31.2 Å². The molecular formula is C14H18BrCl2N. The first-order valence-corrected chi connectivity index (χ1v) is 8.04. The third-order valence-corrected chi connectivity index (χ3v) is 5.59. The maximum Gasteiger partial charge on any atom is 0.0637 e. The van der Waals surface area contributed by atoms with Crippen LogP contribution in [0.15, 0.2) is 18.2 Å². The molecule has 2 unspecified atom stereocenters. The highest BCUT2D eigenvalue weighted by atomic mass is 79.9. The largest absolute Gasteiger partial charge is 0.298 e. The maximum absolute atomic E-state index is 6.24. The van der Waals surface area contributed by atoms with Gasteiger partial charge in [0, 0.05) is 17.4 Å². The van der Waals surface area contributed by atoms with Gasteiger partial charge in [-0.25, -0.2) is 0 Å². The minimum absolute atomic E-state index is 0.591. The van der Waals surface area contributed by atoms with E-state index in [-0.39, 0.29) is 0 Å². The van der Waals surface area contributed by atoms with Crippen LogP contribution in [0, 0.1) is 0 Å². The van der Waals surface area contributed by atoms with Crippen LogP contribution in [0.25, 0.3) is 0 Å². The molecule has 1 nitrogen and oxygen atoms in total. The molecule has 2 rings (SSSR count). The van der Waals surface area contributed by atoms with Crippen molar-refractivity contribution >= 4 is 39.1 Å². The topological polar surface area (TPSA) is 3.24 Å². The molecule has 0 N–H and O–H groups in total. The van der Waals surface area contributed by atoms with Crippen molar-refractivity contribution in [3.05, 3.63) is 33.8 Å². The molecule has 1 aromatic carbocycles. The number of benzene rings is 1. The second-order valence-corrected chi connectivity index (χ2v) is 6.96. The summed E-state index contributed by atoms with van der Waals surface area (Å²) in [4.78, 5) is 2.98. The fourth-order valence-electron chi connectivity index (χ4n) is 2.62. The zero-order chi connectivity index (χ0) is 13.1. The number of hydrogen-bond acceptors (Lipinski definition) is 1. The van der Waals surface area contributed by atoms with Crippen molar-refractivity contribution < 1.29 is 0 Å². The van der Waals surface area contributed by atoms with Crippen molar-refractivity contribution in [3.63, 3.8) is 0 Å². The number of alkyl halides is 1. The van der Waals surface area contributed by atoms with E-state index in [1.807, 2.05) is 12.1 Å². The molecule has 0 aliphatic heterocycles. The molecule has 0 saturated heterocycles. The second kappa shape index (κ2) is 6.60. The van der Waals surface area contributed by atoms with Gasteiger partial charge in [-0.2, -0.15) is 0 Å². The van der Waals surface area contributed by atoms with E-state index in [0.29, 0.717) is 20.9 Å². The molecule has 0 heterocycles. The van der Waals surface area contributed by atoms with Gasteiger partial charge >= 0.3 is 0 Å². The molecule has 1 fully saturated rings. The zero-order valence-corrected chi connectivity index (χ0v) is 13.6. The Hall–Kier alpha value is 0.240. The molecule has 1 aliphatic carbocycles. The highest BCUT2D eigenvalue weighted by Crippen LogP contribution is 2.31. The van der Waals surface area contributed by atoms with Gasteiger partial charge in [-0.1, -0.05) is 64.1 Å². The Morgan fingerprint density at radius 1 is 1.28 bits per heavy atom. The molecule has 18 heavy (non-hydrogen) atoms. The average molecular weight is 351 g/mol.